The number of fused-ring (bicyclic) bond motifs is 1. The Bertz CT molecular complexity index is 640. The van der Waals surface area contributed by atoms with Crippen LogP contribution in [0.3, 0.4) is 0 Å². The van der Waals surface area contributed by atoms with Crippen LogP contribution >= 0.6 is 0 Å². The first kappa shape index (κ1) is 14.7. The van der Waals surface area contributed by atoms with Crippen molar-refractivity contribution >= 4 is 11.8 Å². The van der Waals surface area contributed by atoms with Gasteiger partial charge in [-0.1, -0.05) is 11.6 Å². The molecule has 2 fully saturated rings. The van der Waals surface area contributed by atoms with Crippen molar-refractivity contribution in [3.63, 3.8) is 0 Å². The molecule has 2 heterocycles. The molecule has 0 bridgehead atoms. The molecular weight excluding hydrogens is 294 g/mol. The average molecular weight is 317 g/mol. The number of carbonyl (C=O) groups excluding carboxylic acids is 2. The number of nitrogens with two attached hydrogens (primary N) is 1. The monoisotopic (exact) mass is 317 g/mol. The van der Waals surface area contributed by atoms with Crippen LogP contribution in [0, 0.1) is 11.3 Å². The number of urea groups is 1. The van der Waals surface area contributed by atoms with Crippen LogP contribution in [0.15, 0.2) is 4.52 Å². The zero-order valence-electron chi connectivity index (χ0n) is 13.3. The van der Waals surface area contributed by atoms with Gasteiger partial charge in [0.2, 0.25) is 0 Å². The molecule has 0 atom stereocenters. The van der Waals surface area contributed by atoms with E-state index in [0.717, 1.165) is 55.5 Å². The number of amides is 2. The molecule has 3 aliphatic rings. The molecule has 1 saturated carbocycles. The summed E-state index contributed by atoms with van der Waals surface area (Å²) in [6, 6.07) is -0.346. The van der Waals surface area contributed by atoms with Gasteiger partial charge in [-0.15, -0.1) is 0 Å². The highest BCUT2D eigenvalue weighted by Gasteiger charge is 2.45. The van der Waals surface area contributed by atoms with Crippen molar-refractivity contribution in [3.8, 4) is 0 Å². The minimum absolute atomic E-state index is 0.186. The van der Waals surface area contributed by atoms with Crippen LogP contribution in [-0.4, -0.2) is 35.0 Å². The van der Waals surface area contributed by atoms with Crippen LogP contribution < -0.4 is 5.73 Å². The highest BCUT2D eigenvalue weighted by Crippen LogP contribution is 2.50. The number of piperidine rings is 1. The van der Waals surface area contributed by atoms with E-state index >= 15 is 0 Å². The van der Waals surface area contributed by atoms with Crippen LogP contribution in [0.25, 0.3) is 0 Å². The van der Waals surface area contributed by atoms with Crippen molar-refractivity contribution in [2.24, 2.45) is 17.1 Å². The summed E-state index contributed by atoms with van der Waals surface area (Å²) in [5, 5.41) is 4.21. The Kier molecular flexibility index (Phi) is 3.43. The molecule has 4 rings (SSSR count). The van der Waals surface area contributed by atoms with Crippen molar-refractivity contribution in [1.82, 2.24) is 10.1 Å². The van der Waals surface area contributed by atoms with Gasteiger partial charge in [-0.25, -0.2) is 4.79 Å². The van der Waals surface area contributed by atoms with Crippen LogP contribution in [0.2, 0.25) is 0 Å². The first-order valence-corrected chi connectivity index (χ1v) is 8.61. The van der Waals surface area contributed by atoms with E-state index in [0.29, 0.717) is 25.4 Å². The van der Waals surface area contributed by atoms with E-state index in [4.69, 9.17) is 10.3 Å². The number of hydrogen-bond acceptors (Lipinski definition) is 4. The van der Waals surface area contributed by atoms with Gasteiger partial charge in [-0.05, 0) is 43.4 Å². The number of carbonyl (C=O) groups is 2. The molecule has 2 amide bonds. The second-order valence-electron chi connectivity index (χ2n) is 7.53. The Labute approximate surface area is 135 Å². The molecule has 0 unspecified atom stereocenters. The normalized spacial score (nSPS) is 23.7. The van der Waals surface area contributed by atoms with Gasteiger partial charge in [-0.2, -0.15) is 0 Å². The van der Waals surface area contributed by atoms with Crippen LogP contribution in [0.1, 0.15) is 60.3 Å². The van der Waals surface area contributed by atoms with Crippen molar-refractivity contribution in [2.45, 2.75) is 51.4 Å². The molecular formula is C17H23N3O3. The largest absolute Gasteiger partial charge is 0.360 e. The Hall–Kier alpha value is -1.85. The molecule has 1 aliphatic heterocycles. The Balaban J connectivity index is 1.45. The predicted molar refractivity (Wildman–Crippen MR) is 83.0 cm³/mol. The first-order chi connectivity index (χ1) is 11.1. The van der Waals surface area contributed by atoms with E-state index in [2.05, 4.69) is 5.16 Å². The molecule has 0 aromatic carbocycles. The lowest BCUT2D eigenvalue weighted by Crippen LogP contribution is -2.42. The smallest absolute Gasteiger partial charge is 0.314 e. The number of likely N-dealkylation sites (tertiary alicyclic amines) is 1. The molecule has 1 aromatic rings. The zero-order valence-corrected chi connectivity index (χ0v) is 13.3. The molecule has 2 N–H and O–H groups in total. The molecule has 1 spiro atoms. The zero-order chi connectivity index (χ0) is 16.0. The van der Waals surface area contributed by atoms with Crippen LogP contribution in [-0.2, 0) is 12.8 Å². The third kappa shape index (κ3) is 2.54. The van der Waals surface area contributed by atoms with Gasteiger partial charge in [0.1, 0.15) is 5.76 Å². The maximum Gasteiger partial charge on any atom is 0.314 e. The fourth-order valence-corrected chi connectivity index (χ4v) is 4.44. The lowest BCUT2D eigenvalue weighted by atomic mass is 9.60. The molecule has 1 aromatic heterocycles. The van der Waals surface area contributed by atoms with E-state index in [-0.39, 0.29) is 17.2 Å². The Morgan fingerprint density at radius 3 is 2.65 bits per heavy atom. The maximum absolute atomic E-state index is 12.6. The van der Waals surface area contributed by atoms with E-state index in [1.54, 1.807) is 4.90 Å². The third-order valence-corrected chi connectivity index (χ3v) is 6.00. The Morgan fingerprint density at radius 1 is 1.30 bits per heavy atom. The summed E-state index contributed by atoms with van der Waals surface area (Å²) in [6.45, 7) is 1.38. The highest BCUT2D eigenvalue weighted by molar-refractivity contribution is 5.99. The molecule has 2 aliphatic carbocycles. The van der Waals surface area contributed by atoms with E-state index < -0.39 is 0 Å². The van der Waals surface area contributed by atoms with Gasteiger partial charge < -0.3 is 15.2 Å². The van der Waals surface area contributed by atoms with E-state index in [9.17, 15) is 9.59 Å². The van der Waals surface area contributed by atoms with E-state index in [1.165, 1.54) is 6.42 Å². The second-order valence-corrected chi connectivity index (χ2v) is 7.53. The van der Waals surface area contributed by atoms with Crippen LogP contribution in [0.4, 0.5) is 4.79 Å². The summed E-state index contributed by atoms with van der Waals surface area (Å²) >= 11 is 0. The summed E-state index contributed by atoms with van der Waals surface area (Å²) in [4.78, 5) is 25.5. The van der Waals surface area contributed by atoms with Gasteiger partial charge in [0.15, 0.2) is 5.78 Å². The average Bonchev–Trinajstić information content (AvgIpc) is 2.89. The third-order valence-electron chi connectivity index (χ3n) is 6.00. The lowest BCUT2D eigenvalue weighted by Gasteiger charge is -2.43. The SMILES string of the molecule is NC(=O)N1CCC(Cc2onc3c2C(=O)CC2(CCC2)C3)CC1. The van der Waals surface area contributed by atoms with E-state index in [1.807, 2.05) is 0 Å². The second kappa shape index (κ2) is 5.35. The summed E-state index contributed by atoms with van der Waals surface area (Å²) in [5.41, 5.74) is 7.15. The van der Waals surface area contributed by atoms with Crippen molar-refractivity contribution in [2.75, 3.05) is 13.1 Å². The standard InChI is InChI=1S/C17H23N3O3/c18-16(22)20-6-2-11(3-7-20)8-14-15-12(19-23-14)9-17(4-1-5-17)10-13(15)21/h11H,1-10H2,(H2,18,22). The molecule has 23 heavy (non-hydrogen) atoms. The number of primary amides is 1. The maximum atomic E-state index is 12.6. The predicted octanol–water partition coefficient (Wildman–Crippen LogP) is 2.31. The summed E-state index contributed by atoms with van der Waals surface area (Å²) in [7, 11) is 0. The quantitative estimate of drug-likeness (QED) is 0.906. The number of Topliss-reactive ketones (excluding diaryl/α,β-unsaturated/α-hetero) is 1. The molecule has 0 radical (unpaired) electrons. The van der Waals surface area contributed by atoms with Crippen molar-refractivity contribution in [3.05, 3.63) is 17.0 Å². The molecule has 6 nitrogen and oxygen atoms in total. The fourth-order valence-electron chi connectivity index (χ4n) is 4.44. The highest BCUT2D eigenvalue weighted by atomic mass is 16.5. The molecule has 6 heteroatoms. The number of rotatable bonds is 2. The number of ketones is 1. The van der Waals surface area contributed by atoms with Crippen molar-refractivity contribution in [1.29, 1.82) is 0 Å². The molecule has 1 saturated heterocycles. The van der Waals surface area contributed by atoms with Gasteiger partial charge in [0.25, 0.3) is 0 Å². The Morgan fingerprint density at radius 2 is 2.04 bits per heavy atom. The summed E-state index contributed by atoms with van der Waals surface area (Å²) in [6.07, 6.45) is 7.62. The number of aromatic nitrogens is 1. The minimum atomic E-state index is -0.346. The minimum Gasteiger partial charge on any atom is -0.360 e. The van der Waals surface area contributed by atoms with Crippen LogP contribution in [0.5, 0.6) is 0 Å². The summed E-state index contributed by atoms with van der Waals surface area (Å²) in [5.74, 6) is 1.41. The van der Waals surface area contributed by atoms with Gasteiger partial charge in [0.05, 0.1) is 11.3 Å². The fraction of sp³-hybridized carbons (Fsp3) is 0.706. The lowest BCUT2D eigenvalue weighted by molar-refractivity contribution is 0.0706. The van der Waals surface area contributed by atoms with Gasteiger partial charge >= 0.3 is 6.03 Å². The van der Waals surface area contributed by atoms with Crippen molar-refractivity contribution < 1.29 is 14.1 Å². The number of hydrogen-bond donors (Lipinski definition) is 1. The topological polar surface area (TPSA) is 89.4 Å². The first-order valence-electron chi connectivity index (χ1n) is 8.61. The molecule has 124 valence electrons. The van der Waals surface area contributed by atoms with Gasteiger partial charge in [0, 0.05) is 25.9 Å². The summed E-state index contributed by atoms with van der Waals surface area (Å²) < 4.78 is 5.55. The van der Waals surface area contributed by atoms with Gasteiger partial charge in [-0.3, -0.25) is 4.79 Å². The number of nitrogens with zero attached hydrogens (tertiary/aromatic N) is 2.